The average Bonchev–Trinajstić information content (AvgIpc) is 3.09. The molecule has 1 aromatic carbocycles. The van der Waals surface area contributed by atoms with E-state index in [2.05, 4.69) is 12.2 Å². The summed E-state index contributed by atoms with van der Waals surface area (Å²) in [6.45, 7) is 6.04. The average molecular weight is 389 g/mol. The zero-order chi connectivity index (χ0) is 20.7. The molecule has 1 fully saturated rings. The third-order valence-electron chi connectivity index (χ3n) is 5.75. The van der Waals surface area contributed by atoms with Gasteiger partial charge < -0.3 is 15.2 Å². The normalized spacial score (nSPS) is 23.0. The molecule has 0 spiro atoms. The number of hydrogen-bond donors (Lipinski definition) is 2. The predicted octanol–water partition coefficient (Wildman–Crippen LogP) is 2.51. The summed E-state index contributed by atoms with van der Waals surface area (Å²) in [5, 5.41) is 12.8. The topological polar surface area (TPSA) is 86.7 Å². The fourth-order valence-corrected chi connectivity index (χ4v) is 4.51. The summed E-state index contributed by atoms with van der Waals surface area (Å²) in [5.41, 5.74) is 1.13. The van der Waals surface area contributed by atoms with E-state index in [9.17, 15) is 19.5 Å². The summed E-state index contributed by atoms with van der Waals surface area (Å²) in [6.07, 6.45) is 3.71. The van der Waals surface area contributed by atoms with Gasteiger partial charge in [-0.15, -0.1) is 0 Å². The van der Waals surface area contributed by atoms with Crippen LogP contribution in [0.25, 0.3) is 0 Å². The number of likely N-dealkylation sites (tertiary alicyclic amines) is 1. The number of rotatable bonds is 10. The van der Waals surface area contributed by atoms with Gasteiger partial charge in [-0.3, -0.25) is 14.5 Å². The molecule has 2 rings (SSSR count). The van der Waals surface area contributed by atoms with Crippen LogP contribution in [0.5, 0.6) is 0 Å². The zero-order valence-electron chi connectivity index (χ0n) is 17.0. The first-order chi connectivity index (χ1) is 13.4. The van der Waals surface area contributed by atoms with E-state index < -0.39 is 12.0 Å². The Kier molecular flexibility index (Phi) is 8.18. The molecule has 5 atom stereocenters. The molecule has 1 saturated heterocycles. The fraction of sp³-hybridized carbons (Fsp3) is 0.591. The second-order valence-electron chi connectivity index (χ2n) is 7.88. The highest BCUT2D eigenvalue weighted by Crippen LogP contribution is 2.32. The van der Waals surface area contributed by atoms with Crippen molar-refractivity contribution >= 4 is 18.2 Å². The lowest BCUT2D eigenvalue weighted by Gasteiger charge is -2.40. The van der Waals surface area contributed by atoms with Gasteiger partial charge in [-0.25, -0.2) is 0 Å². The lowest BCUT2D eigenvalue weighted by atomic mass is 9.83. The molecule has 154 valence electrons. The molecule has 2 N–H and O–H groups in total. The summed E-state index contributed by atoms with van der Waals surface area (Å²) in [6, 6.07) is 9.17. The fourth-order valence-electron chi connectivity index (χ4n) is 4.51. The molecule has 1 amide bonds. The summed E-state index contributed by atoms with van der Waals surface area (Å²) >= 11 is 0. The molecule has 1 aromatic rings. The van der Waals surface area contributed by atoms with Crippen molar-refractivity contribution in [3.8, 4) is 0 Å². The minimum absolute atomic E-state index is 0.0738. The molecule has 1 aliphatic heterocycles. The van der Waals surface area contributed by atoms with Gasteiger partial charge in [0.2, 0.25) is 5.91 Å². The van der Waals surface area contributed by atoms with Gasteiger partial charge >= 0.3 is 5.97 Å². The number of carbonyl (C=O) groups is 3. The van der Waals surface area contributed by atoms with Crippen LogP contribution >= 0.6 is 0 Å². The quantitative estimate of drug-likeness (QED) is 0.602. The van der Waals surface area contributed by atoms with Crippen molar-refractivity contribution in [1.82, 2.24) is 10.2 Å². The minimum atomic E-state index is -0.884. The number of hydrogen-bond acceptors (Lipinski definition) is 4. The highest BCUT2D eigenvalue weighted by atomic mass is 16.4. The number of aldehydes is 1. The molecule has 0 aliphatic carbocycles. The van der Waals surface area contributed by atoms with E-state index in [1.54, 1.807) is 0 Å². The molecule has 0 bridgehead atoms. The van der Waals surface area contributed by atoms with E-state index in [-0.39, 0.29) is 29.8 Å². The molecular formula is C22H32N2O4. The van der Waals surface area contributed by atoms with Crippen LogP contribution in [0.2, 0.25) is 0 Å². The number of nitrogens with one attached hydrogen (secondary N) is 1. The maximum absolute atomic E-state index is 11.9. The molecule has 1 unspecified atom stereocenters. The predicted molar refractivity (Wildman–Crippen MR) is 108 cm³/mol. The molecule has 0 saturated carbocycles. The Hall–Kier alpha value is -2.21. The van der Waals surface area contributed by atoms with Crippen LogP contribution in [0.4, 0.5) is 0 Å². The van der Waals surface area contributed by atoms with Crippen LogP contribution in [0.3, 0.4) is 0 Å². The summed E-state index contributed by atoms with van der Waals surface area (Å²) in [7, 11) is 0. The number of nitrogens with zero attached hydrogens (tertiary/aromatic N) is 1. The van der Waals surface area contributed by atoms with Crippen LogP contribution in [-0.2, 0) is 20.8 Å². The van der Waals surface area contributed by atoms with E-state index in [0.29, 0.717) is 19.4 Å². The van der Waals surface area contributed by atoms with Gasteiger partial charge in [0, 0.05) is 31.5 Å². The zero-order valence-corrected chi connectivity index (χ0v) is 17.0. The number of carboxylic acid groups (broad SMARTS) is 1. The summed E-state index contributed by atoms with van der Waals surface area (Å²) < 4.78 is 0. The number of carboxylic acids is 1. The van der Waals surface area contributed by atoms with E-state index in [1.165, 1.54) is 6.92 Å². The van der Waals surface area contributed by atoms with Crippen LogP contribution in [-0.4, -0.2) is 52.8 Å². The Morgan fingerprint density at radius 2 is 2.00 bits per heavy atom. The third-order valence-corrected chi connectivity index (χ3v) is 5.75. The first-order valence-corrected chi connectivity index (χ1v) is 10.1. The number of carbonyl (C=O) groups excluding carboxylic acids is 2. The first kappa shape index (κ1) is 22.1. The minimum Gasteiger partial charge on any atom is -0.480 e. The summed E-state index contributed by atoms with van der Waals surface area (Å²) in [5.74, 6) is -1.15. The number of benzene rings is 1. The molecule has 28 heavy (non-hydrogen) atoms. The first-order valence-electron chi connectivity index (χ1n) is 10.1. The van der Waals surface area contributed by atoms with Crippen LogP contribution in [0.15, 0.2) is 30.3 Å². The van der Waals surface area contributed by atoms with E-state index in [0.717, 1.165) is 24.7 Å². The van der Waals surface area contributed by atoms with Crippen molar-refractivity contribution in [3.63, 3.8) is 0 Å². The van der Waals surface area contributed by atoms with Gasteiger partial charge in [-0.2, -0.15) is 0 Å². The van der Waals surface area contributed by atoms with Gasteiger partial charge in [0.05, 0.1) is 0 Å². The van der Waals surface area contributed by atoms with E-state index >= 15 is 0 Å². The molecule has 1 aliphatic rings. The van der Waals surface area contributed by atoms with Crippen molar-refractivity contribution in [1.29, 1.82) is 0 Å². The largest absolute Gasteiger partial charge is 0.480 e. The molecular weight excluding hydrogens is 356 g/mol. The number of amides is 1. The Morgan fingerprint density at radius 3 is 2.54 bits per heavy atom. The van der Waals surface area contributed by atoms with E-state index in [4.69, 9.17) is 0 Å². The van der Waals surface area contributed by atoms with Crippen molar-refractivity contribution in [2.45, 2.75) is 64.6 Å². The Bertz CT molecular complexity index is 664. The Morgan fingerprint density at radius 1 is 1.32 bits per heavy atom. The smallest absolute Gasteiger partial charge is 0.320 e. The van der Waals surface area contributed by atoms with Crippen molar-refractivity contribution in [2.75, 3.05) is 6.54 Å². The lowest BCUT2D eigenvalue weighted by Crippen LogP contribution is -2.53. The highest BCUT2D eigenvalue weighted by Gasteiger charge is 2.43. The molecule has 6 nitrogen and oxygen atoms in total. The molecule has 0 aromatic heterocycles. The Balaban J connectivity index is 2.39. The van der Waals surface area contributed by atoms with Crippen LogP contribution in [0.1, 0.15) is 45.6 Å². The van der Waals surface area contributed by atoms with Gasteiger partial charge in [0.25, 0.3) is 0 Å². The lowest BCUT2D eigenvalue weighted by molar-refractivity contribution is -0.143. The molecule has 1 heterocycles. The second-order valence-corrected chi connectivity index (χ2v) is 7.88. The highest BCUT2D eigenvalue weighted by molar-refractivity contribution is 5.75. The van der Waals surface area contributed by atoms with Crippen molar-refractivity contribution in [2.24, 2.45) is 11.8 Å². The summed E-state index contributed by atoms with van der Waals surface area (Å²) in [4.78, 5) is 37.0. The second kappa shape index (κ2) is 10.4. The third kappa shape index (κ3) is 5.64. The van der Waals surface area contributed by atoms with Gasteiger partial charge in [0.15, 0.2) is 0 Å². The maximum atomic E-state index is 11.9. The monoisotopic (exact) mass is 388 g/mol. The Labute approximate surface area is 167 Å². The van der Waals surface area contributed by atoms with Crippen molar-refractivity contribution in [3.05, 3.63) is 35.9 Å². The van der Waals surface area contributed by atoms with Gasteiger partial charge in [0.1, 0.15) is 12.3 Å². The van der Waals surface area contributed by atoms with Gasteiger partial charge in [-0.1, -0.05) is 43.7 Å². The molecule has 0 radical (unpaired) electrons. The number of aliphatic carboxylic acids is 1. The van der Waals surface area contributed by atoms with E-state index in [1.807, 2.05) is 42.2 Å². The van der Waals surface area contributed by atoms with Crippen LogP contribution in [0, 0.1) is 11.8 Å². The molecule has 6 heteroatoms. The maximum Gasteiger partial charge on any atom is 0.320 e. The van der Waals surface area contributed by atoms with Crippen molar-refractivity contribution < 1.29 is 19.5 Å². The van der Waals surface area contributed by atoms with Crippen LogP contribution < -0.4 is 5.32 Å². The SMILES string of the molecule is CCC[C@@H]([C@@H](Cc1ccccc1)N1C[C@H](C=O)CC1C(=O)O)[C@@H](C)NC(C)=O. The standard InChI is InChI=1S/C22H32N2O4/c1-4-8-19(15(2)23-16(3)26)20(11-17-9-6-5-7-10-17)24-13-18(14-25)12-21(24)22(27)28/h5-7,9-10,14-15,18-21H,4,8,11-13H2,1-3H3,(H,23,26)(H,27,28)/t15-,18-,19-,20-,21?/m1/s1. The van der Waals surface area contributed by atoms with Gasteiger partial charge in [-0.05, 0) is 37.7 Å².